The highest BCUT2D eigenvalue weighted by Gasteiger charge is 2.22. The van der Waals surface area contributed by atoms with Gasteiger partial charge in [0.05, 0.1) is 5.02 Å². The lowest BCUT2D eigenvalue weighted by molar-refractivity contribution is -0.156. The number of halogens is 2. The van der Waals surface area contributed by atoms with Gasteiger partial charge in [-0.3, -0.25) is 4.79 Å². The van der Waals surface area contributed by atoms with Crippen molar-refractivity contribution in [3.05, 3.63) is 34.6 Å². The molecule has 1 rings (SSSR count). The van der Waals surface area contributed by atoms with Gasteiger partial charge in [0.2, 0.25) is 0 Å². The Bertz CT molecular complexity index is 443. The van der Waals surface area contributed by atoms with Crippen molar-refractivity contribution in [3.8, 4) is 0 Å². The van der Waals surface area contributed by atoms with Gasteiger partial charge in [-0.1, -0.05) is 17.7 Å². The van der Waals surface area contributed by atoms with Gasteiger partial charge in [-0.25, -0.2) is 4.39 Å². The molecule has 100 valence electrons. The highest BCUT2D eigenvalue weighted by molar-refractivity contribution is 6.30. The maximum absolute atomic E-state index is 13.0. The van der Waals surface area contributed by atoms with Crippen molar-refractivity contribution >= 4 is 17.6 Å². The van der Waals surface area contributed by atoms with Gasteiger partial charge in [-0.2, -0.15) is 0 Å². The molecule has 0 heterocycles. The van der Waals surface area contributed by atoms with E-state index in [2.05, 4.69) is 0 Å². The van der Waals surface area contributed by atoms with Crippen molar-refractivity contribution in [1.29, 1.82) is 0 Å². The van der Waals surface area contributed by atoms with Crippen molar-refractivity contribution in [2.75, 3.05) is 0 Å². The second-order valence-electron chi connectivity index (χ2n) is 5.09. The van der Waals surface area contributed by atoms with Gasteiger partial charge in [-0.15, -0.1) is 0 Å². The van der Waals surface area contributed by atoms with Crippen molar-refractivity contribution in [2.45, 2.75) is 38.8 Å². The lowest BCUT2D eigenvalue weighted by Gasteiger charge is -2.22. The zero-order chi connectivity index (χ0) is 13.9. The summed E-state index contributed by atoms with van der Waals surface area (Å²) < 4.78 is 18.1. The Labute approximate surface area is 111 Å². The molecule has 1 atom stereocenters. The van der Waals surface area contributed by atoms with Crippen LogP contribution in [0.3, 0.4) is 0 Å². The fraction of sp³-hybridized carbons (Fsp3) is 0.462. The fourth-order valence-electron chi connectivity index (χ4n) is 1.38. The predicted octanol–water partition coefficient (Wildman–Crippen LogP) is 2.69. The van der Waals surface area contributed by atoms with Crippen LogP contribution in [-0.2, 0) is 16.0 Å². The topological polar surface area (TPSA) is 52.3 Å². The minimum absolute atomic E-state index is 0.0175. The number of rotatable bonds is 3. The molecule has 0 radical (unpaired) electrons. The van der Waals surface area contributed by atoms with Crippen LogP contribution in [0.15, 0.2) is 18.2 Å². The van der Waals surface area contributed by atoms with Crippen LogP contribution in [0.2, 0.25) is 5.02 Å². The Morgan fingerprint density at radius 1 is 1.50 bits per heavy atom. The Morgan fingerprint density at radius 2 is 2.11 bits per heavy atom. The van der Waals surface area contributed by atoms with Crippen LogP contribution in [0.5, 0.6) is 0 Å². The SMILES string of the molecule is CC(C)(C)OC(=O)[C@H](N)Cc1ccc(F)c(Cl)c1. The van der Waals surface area contributed by atoms with E-state index in [0.29, 0.717) is 5.56 Å². The molecule has 0 saturated carbocycles. The summed E-state index contributed by atoms with van der Waals surface area (Å²) in [5.74, 6) is -0.978. The van der Waals surface area contributed by atoms with E-state index in [1.54, 1.807) is 26.8 Å². The van der Waals surface area contributed by atoms with E-state index in [0.717, 1.165) is 0 Å². The van der Waals surface area contributed by atoms with Crippen molar-refractivity contribution in [1.82, 2.24) is 0 Å². The van der Waals surface area contributed by atoms with Crippen molar-refractivity contribution < 1.29 is 13.9 Å². The third-order valence-corrected chi connectivity index (χ3v) is 2.44. The van der Waals surface area contributed by atoms with E-state index < -0.39 is 23.4 Å². The number of benzene rings is 1. The summed E-state index contributed by atoms with van der Waals surface area (Å²) in [5, 5.41) is 0.0175. The maximum Gasteiger partial charge on any atom is 0.323 e. The predicted molar refractivity (Wildman–Crippen MR) is 68.9 cm³/mol. The molecule has 0 saturated heterocycles. The monoisotopic (exact) mass is 273 g/mol. The molecule has 0 amide bonds. The lowest BCUT2D eigenvalue weighted by atomic mass is 10.1. The minimum atomic E-state index is -0.786. The van der Waals surface area contributed by atoms with Crippen molar-refractivity contribution in [2.24, 2.45) is 5.73 Å². The van der Waals surface area contributed by atoms with Crippen LogP contribution in [0.25, 0.3) is 0 Å². The molecule has 1 aromatic carbocycles. The van der Waals surface area contributed by atoms with Gasteiger partial charge in [0.1, 0.15) is 17.5 Å². The molecule has 5 heteroatoms. The first kappa shape index (κ1) is 14.9. The Balaban J connectivity index is 2.66. The standard InChI is InChI=1S/C13H17ClFNO2/c1-13(2,3)18-12(17)11(16)7-8-4-5-10(15)9(14)6-8/h4-6,11H,7,16H2,1-3H3/t11-/m1/s1. The van der Waals surface area contributed by atoms with Crippen molar-refractivity contribution in [3.63, 3.8) is 0 Å². The number of ether oxygens (including phenoxy) is 1. The fourth-order valence-corrected chi connectivity index (χ4v) is 1.58. The van der Waals surface area contributed by atoms with E-state index in [-0.39, 0.29) is 11.4 Å². The van der Waals surface area contributed by atoms with E-state index in [1.165, 1.54) is 12.1 Å². The molecule has 0 spiro atoms. The maximum atomic E-state index is 13.0. The molecule has 18 heavy (non-hydrogen) atoms. The number of carbonyl (C=O) groups excluding carboxylic acids is 1. The summed E-state index contributed by atoms with van der Waals surface area (Å²) in [6.45, 7) is 5.31. The van der Waals surface area contributed by atoms with Crippen LogP contribution in [0.4, 0.5) is 4.39 Å². The average molecular weight is 274 g/mol. The van der Waals surface area contributed by atoms with Crippen LogP contribution < -0.4 is 5.73 Å². The third-order valence-electron chi connectivity index (χ3n) is 2.15. The Hall–Kier alpha value is -1.13. The number of carbonyl (C=O) groups is 1. The first-order chi connectivity index (χ1) is 8.19. The van der Waals surface area contributed by atoms with Gasteiger partial charge in [0, 0.05) is 0 Å². The highest BCUT2D eigenvalue weighted by Crippen LogP contribution is 2.17. The summed E-state index contributed by atoms with van der Waals surface area (Å²) in [6, 6.07) is 3.47. The summed E-state index contributed by atoms with van der Waals surface area (Å²) in [7, 11) is 0. The van der Waals surface area contributed by atoms with Gasteiger partial charge >= 0.3 is 5.97 Å². The second kappa shape index (κ2) is 5.67. The summed E-state index contributed by atoms with van der Waals surface area (Å²) in [6.07, 6.45) is 0.259. The number of esters is 1. The van der Waals surface area contributed by atoms with Crippen LogP contribution >= 0.6 is 11.6 Å². The summed E-state index contributed by atoms with van der Waals surface area (Å²) in [4.78, 5) is 11.7. The molecule has 0 unspecified atom stereocenters. The van der Waals surface area contributed by atoms with Gasteiger partial charge in [0.15, 0.2) is 0 Å². The molecule has 1 aromatic rings. The number of nitrogens with two attached hydrogens (primary N) is 1. The summed E-state index contributed by atoms with van der Waals surface area (Å²) in [5.41, 5.74) is 5.85. The van der Waals surface area contributed by atoms with Gasteiger partial charge in [-0.05, 0) is 44.9 Å². The zero-order valence-electron chi connectivity index (χ0n) is 10.7. The van der Waals surface area contributed by atoms with E-state index in [4.69, 9.17) is 22.1 Å². The average Bonchev–Trinajstić information content (AvgIpc) is 2.21. The number of hydrogen-bond donors (Lipinski definition) is 1. The summed E-state index contributed by atoms with van der Waals surface area (Å²) >= 11 is 5.65. The molecule has 0 fully saturated rings. The Kier molecular flexibility index (Phi) is 4.71. The normalized spacial score (nSPS) is 13.2. The van der Waals surface area contributed by atoms with E-state index in [1.807, 2.05) is 0 Å². The lowest BCUT2D eigenvalue weighted by Crippen LogP contribution is -2.38. The highest BCUT2D eigenvalue weighted by atomic mass is 35.5. The smallest absolute Gasteiger partial charge is 0.323 e. The number of hydrogen-bond acceptors (Lipinski definition) is 3. The van der Waals surface area contributed by atoms with Crippen LogP contribution in [0.1, 0.15) is 26.3 Å². The molecular weight excluding hydrogens is 257 g/mol. The first-order valence-corrected chi connectivity index (χ1v) is 5.99. The largest absolute Gasteiger partial charge is 0.459 e. The molecule has 2 N–H and O–H groups in total. The molecule has 0 aliphatic heterocycles. The molecule has 0 aliphatic carbocycles. The Morgan fingerprint density at radius 3 is 2.61 bits per heavy atom. The van der Waals surface area contributed by atoms with Gasteiger partial charge < -0.3 is 10.5 Å². The molecular formula is C13H17ClFNO2. The quantitative estimate of drug-likeness (QED) is 0.862. The van der Waals surface area contributed by atoms with Crippen LogP contribution in [-0.4, -0.2) is 17.6 Å². The minimum Gasteiger partial charge on any atom is -0.459 e. The molecule has 0 aliphatic rings. The van der Waals surface area contributed by atoms with Crippen LogP contribution in [0, 0.1) is 5.82 Å². The van der Waals surface area contributed by atoms with E-state index >= 15 is 0 Å². The molecule has 0 bridgehead atoms. The zero-order valence-corrected chi connectivity index (χ0v) is 11.4. The second-order valence-corrected chi connectivity index (χ2v) is 5.50. The van der Waals surface area contributed by atoms with Gasteiger partial charge in [0.25, 0.3) is 0 Å². The third kappa shape index (κ3) is 4.63. The molecule has 0 aromatic heterocycles. The molecule has 3 nitrogen and oxygen atoms in total. The van der Waals surface area contributed by atoms with E-state index in [9.17, 15) is 9.18 Å². The first-order valence-electron chi connectivity index (χ1n) is 5.61.